The predicted octanol–water partition coefficient (Wildman–Crippen LogP) is 0.644. The van der Waals surface area contributed by atoms with Gasteiger partial charge in [-0.15, -0.1) is 0 Å². The van der Waals surface area contributed by atoms with Gasteiger partial charge < -0.3 is 5.32 Å². The molecular weight excluding hydrogens is 88.1 g/mol. The summed E-state index contributed by atoms with van der Waals surface area (Å²) in [5.74, 6) is 0. The minimum absolute atomic E-state index is 0.958. The van der Waals surface area contributed by atoms with E-state index in [2.05, 4.69) is 10.3 Å². The number of nitrogens with zero attached hydrogens (tertiary/aromatic N) is 1. The highest BCUT2D eigenvalue weighted by Gasteiger charge is 1.82. The minimum atomic E-state index is 0.958. The maximum Gasteiger partial charge on any atom is 0.0825 e. The highest BCUT2D eigenvalue weighted by atomic mass is 15.0. The zero-order valence-corrected chi connectivity index (χ0v) is 4.94. The van der Waals surface area contributed by atoms with Crippen molar-refractivity contribution in [3.8, 4) is 0 Å². The molecule has 7 heavy (non-hydrogen) atoms. The maximum atomic E-state index is 3.85. The maximum absolute atomic E-state index is 3.85. The molecule has 0 atom stereocenters. The summed E-state index contributed by atoms with van der Waals surface area (Å²) in [6.07, 6.45) is 1.74. The van der Waals surface area contributed by atoms with Crippen LogP contribution in [-0.4, -0.2) is 19.4 Å². The van der Waals surface area contributed by atoms with Crippen LogP contribution in [0.15, 0.2) is 4.99 Å². The van der Waals surface area contributed by atoms with Crippen LogP contribution in [0.2, 0.25) is 0 Å². The molecule has 0 bridgehead atoms. The molecule has 2 heteroatoms. The Morgan fingerprint density at radius 2 is 2.29 bits per heavy atom. The third kappa shape index (κ3) is 3.30. The Morgan fingerprint density at radius 1 is 1.57 bits per heavy atom. The smallest absolute Gasteiger partial charge is 0.0825 e. The van der Waals surface area contributed by atoms with E-state index in [1.165, 1.54) is 0 Å². The molecule has 42 valence electrons. The van der Waals surface area contributed by atoms with E-state index >= 15 is 0 Å². The summed E-state index contributed by atoms with van der Waals surface area (Å²) in [5.41, 5.74) is 0. The van der Waals surface area contributed by atoms with Crippen LogP contribution in [0, 0.1) is 0 Å². The monoisotopic (exact) mass is 100 g/mol. The molecule has 0 aliphatic carbocycles. The largest absolute Gasteiger partial charge is 0.375 e. The summed E-state index contributed by atoms with van der Waals surface area (Å²) in [6.45, 7) is 5.99. The van der Waals surface area contributed by atoms with Gasteiger partial charge in [0.15, 0.2) is 0 Å². The summed E-state index contributed by atoms with van der Waals surface area (Å²) in [4.78, 5) is 3.85. The standard InChI is InChI=1S/C3H6N2.C2H6/c1-2-5-3-4-1;1-2/h3H,1-2H2,(H,4,5);1-2H3. The molecule has 1 aliphatic heterocycles. The quantitative estimate of drug-likeness (QED) is 0.474. The highest BCUT2D eigenvalue weighted by Crippen LogP contribution is 1.68. The van der Waals surface area contributed by atoms with Crippen molar-refractivity contribution >= 4 is 6.34 Å². The lowest BCUT2D eigenvalue weighted by molar-refractivity contribution is 0.965. The fourth-order valence-electron chi connectivity index (χ4n) is 0.323. The van der Waals surface area contributed by atoms with Crippen molar-refractivity contribution in [1.29, 1.82) is 0 Å². The second-order valence-corrected chi connectivity index (χ2v) is 0.989. The van der Waals surface area contributed by atoms with E-state index in [0.717, 1.165) is 13.1 Å². The van der Waals surface area contributed by atoms with Gasteiger partial charge in [0.25, 0.3) is 0 Å². The first-order chi connectivity index (χ1) is 3.50. The summed E-state index contributed by atoms with van der Waals surface area (Å²) in [5, 5.41) is 2.93. The van der Waals surface area contributed by atoms with E-state index in [1.54, 1.807) is 6.34 Å². The highest BCUT2D eigenvalue weighted by molar-refractivity contribution is 5.56. The topological polar surface area (TPSA) is 24.4 Å². The molecule has 1 rings (SSSR count). The van der Waals surface area contributed by atoms with E-state index in [9.17, 15) is 0 Å². The van der Waals surface area contributed by atoms with Gasteiger partial charge in [-0.05, 0) is 0 Å². The van der Waals surface area contributed by atoms with E-state index in [0.29, 0.717) is 0 Å². The van der Waals surface area contributed by atoms with Crippen molar-refractivity contribution in [3.05, 3.63) is 0 Å². The number of nitrogens with one attached hydrogen (secondary N) is 1. The predicted molar refractivity (Wildman–Crippen MR) is 32.7 cm³/mol. The summed E-state index contributed by atoms with van der Waals surface area (Å²) >= 11 is 0. The van der Waals surface area contributed by atoms with E-state index < -0.39 is 0 Å². The average molecular weight is 100 g/mol. The van der Waals surface area contributed by atoms with Crippen molar-refractivity contribution in [1.82, 2.24) is 5.32 Å². The Hall–Kier alpha value is -0.530. The van der Waals surface area contributed by atoms with Gasteiger partial charge in [-0.3, -0.25) is 4.99 Å². The fourth-order valence-corrected chi connectivity index (χ4v) is 0.323. The van der Waals surface area contributed by atoms with Gasteiger partial charge in [0.1, 0.15) is 0 Å². The molecule has 0 saturated heterocycles. The van der Waals surface area contributed by atoms with Gasteiger partial charge >= 0.3 is 0 Å². The zero-order chi connectivity index (χ0) is 5.54. The Balaban J connectivity index is 0.000000162. The van der Waals surface area contributed by atoms with Crippen molar-refractivity contribution in [2.24, 2.45) is 4.99 Å². The van der Waals surface area contributed by atoms with Crippen LogP contribution in [0.1, 0.15) is 13.8 Å². The first-order valence-corrected chi connectivity index (χ1v) is 2.72. The molecule has 0 unspecified atom stereocenters. The minimum Gasteiger partial charge on any atom is -0.375 e. The molecule has 1 heterocycles. The van der Waals surface area contributed by atoms with Crippen molar-refractivity contribution in [2.75, 3.05) is 13.1 Å². The molecule has 0 saturated carbocycles. The van der Waals surface area contributed by atoms with Crippen LogP contribution in [0.25, 0.3) is 0 Å². The number of rotatable bonds is 0. The fraction of sp³-hybridized carbons (Fsp3) is 0.800. The average Bonchev–Trinajstić information content (AvgIpc) is 2.23. The molecule has 0 aromatic rings. The van der Waals surface area contributed by atoms with Crippen LogP contribution < -0.4 is 5.32 Å². The van der Waals surface area contributed by atoms with E-state index in [-0.39, 0.29) is 0 Å². The summed E-state index contributed by atoms with van der Waals surface area (Å²) in [7, 11) is 0. The molecular formula is C5H12N2. The van der Waals surface area contributed by atoms with Crippen molar-refractivity contribution in [2.45, 2.75) is 13.8 Å². The van der Waals surface area contributed by atoms with Gasteiger partial charge in [0.2, 0.25) is 0 Å². The first kappa shape index (κ1) is 6.47. The van der Waals surface area contributed by atoms with Gasteiger partial charge in [-0.25, -0.2) is 0 Å². The second kappa shape index (κ2) is 5.47. The van der Waals surface area contributed by atoms with E-state index in [1.807, 2.05) is 13.8 Å². The number of hydrogen-bond acceptors (Lipinski definition) is 2. The summed E-state index contributed by atoms with van der Waals surface area (Å²) < 4.78 is 0. The lowest BCUT2D eigenvalue weighted by Gasteiger charge is -1.75. The Kier molecular flexibility index (Phi) is 5.06. The molecule has 0 radical (unpaired) electrons. The van der Waals surface area contributed by atoms with Crippen molar-refractivity contribution < 1.29 is 0 Å². The third-order valence-electron chi connectivity index (χ3n) is 0.568. The molecule has 1 aliphatic rings. The van der Waals surface area contributed by atoms with Crippen LogP contribution in [-0.2, 0) is 0 Å². The third-order valence-corrected chi connectivity index (χ3v) is 0.568. The second-order valence-electron chi connectivity index (χ2n) is 0.989. The molecule has 2 nitrogen and oxygen atoms in total. The zero-order valence-electron chi connectivity index (χ0n) is 4.94. The van der Waals surface area contributed by atoms with E-state index in [4.69, 9.17) is 0 Å². The molecule has 0 aromatic heterocycles. The number of aliphatic imine (C=N–C) groups is 1. The normalized spacial score (nSPS) is 14.6. The van der Waals surface area contributed by atoms with Gasteiger partial charge in [-0.1, -0.05) is 13.8 Å². The molecule has 0 aromatic carbocycles. The molecule has 0 spiro atoms. The van der Waals surface area contributed by atoms with Crippen LogP contribution >= 0.6 is 0 Å². The lowest BCUT2D eigenvalue weighted by atomic mass is 10.7. The van der Waals surface area contributed by atoms with Crippen molar-refractivity contribution in [3.63, 3.8) is 0 Å². The van der Waals surface area contributed by atoms with Crippen LogP contribution in [0.5, 0.6) is 0 Å². The van der Waals surface area contributed by atoms with Gasteiger partial charge in [0, 0.05) is 6.54 Å². The number of hydrogen-bond donors (Lipinski definition) is 1. The van der Waals surface area contributed by atoms with Gasteiger partial charge in [0.05, 0.1) is 12.9 Å². The SMILES string of the molecule is C1=NCCN1.CC. The molecule has 1 N–H and O–H groups in total. The lowest BCUT2D eigenvalue weighted by Crippen LogP contribution is -2.04. The van der Waals surface area contributed by atoms with Gasteiger partial charge in [-0.2, -0.15) is 0 Å². The molecule has 0 fully saturated rings. The Bertz CT molecular complexity index is 44.0. The van der Waals surface area contributed by atoms with Crippen LogP contribution in [0.3, 0.4) is 0 Å². The summed E-state index contributed by atoms with van der Waals surface area (Å²) in [6, 6.07) is 0. The molecule has 0 amide bonds. The Labute approximate surface area is 44.6 Å². The van der Waals surface area contributed by atoms with Crippen LogP contribution in [0.4, 0.5) is 0 Å². The first-order valence-electron chi connectivity index (χ1n) is 2.72. The Morgan fingerprint density at radius 3 is 2.43 bits per heavy atom.